The fourth-order valence-corrected chi connectivity index (χ4v) is 1.82. The van der Waals surface area contributed by atoms with Gasteiger partial charge in [0.15, 0.2) is 0 Å². The zero-order valence-electron chi connectivity index (χ0n) is 10.4. The predicted octanol–water partition coefficient (Wildman–Crippen LogP) is 3.21. The number of hydrogen-bond donors (Lipinski definition) is 2. The van der Waals surface area contributed by atoms with Gasteiger partial charge in [-0.3, -0.25) is 0 Å². The Kier molecular flexibility index (Phi) is 3.37. The largest absolute Gasteiger partial charge is 0.478 e. The third-order valence-electron chi connectivity index (χ3n) is 2.97. The van der Waals surface area contributed by atoms with Crippen molar-refractivity contribution in [2.45, 2.75) is 20.4 Å². The Labute approximate surface area is 105 Å². The molecule has 0 spiro atoms. The summed E-state index contributed by atoms with van der Waals surface area (Å²) < 4.78 is 5.32. The van der Waals surface area contributed by atoms with Crippen LogP contribution in [0.25, 0.3) is 0 Å². The highest BCUT2D eigenvalue weighted by Crippen LogP contribution is 2.20. The Morgan fingerprint density at radius 2 is 2.11 bits per heavy atom. The first-order valence-corrected chi connectivity index (χ1v) is 5.69. The first-order valence-electron chi connectivity index (χ1n) is 5.69. The van der Waals surface area contributed by atoms with Gasteiger partial charge in [-0.25, -0.2) is 4.79 Å². The van der Waals surface area contributed by atoms with Gasteiger partial charge in [0, 0.05) is 5.69 Å². The van der Waals surface area contributed by atoms with E-state index >= 15 is 0 Å². The van der Waals surface area contributed by atoms with Crippen molar-refractivity contribution in [3.05, 3.63) is 53.0 Å². The van der Waals surface area contributed by atoms with E-state index in [-0.39, 0.29) is 0 Å². The molecule has 0 amide bonds. The molecular weight excluding hydrogens is 230 g/mol. The number of aromatic carboxylic acids is 1. The average molecular weight is 245 g/mol. The summed E-state index contributed by atoms with van der Waals surface area (Å²) in [6.07, 6.45) is 1.65. The lowest BCUT2D eigenvalue weighted by Crippen LogP contribution is -2.05. The van der Waals surface area contributed by atoms with E-state index in [1.165, 1.54) is 0 Å². The molecule has 0 aliphatic heterocycles. The summed E-state index contributed by atoms with van der Waals surface area (Å²) >= 11 is 0. The van der Waals surface area contributed by atoms with Crippen LogP contribution < -0.4 is 5.32 Å². The van der Waals surface area contributed by atoms with Gasteiger partial charge >= 0.3 is 5.97 Å². The van der Waals surface area contributed by atoms with E-state index in [0.29, 0.717) is 12.1 Å². The third-order valence-corrected chi connectivity index (χ3v) is 2.97. The number of benzene rings is 1. The number of furan rings is 1. The van der Waals surface area contributed by atoms with E-state index in [9.17, 15) is 4.79 Å². The first kappa shape index (κ1) is 12.2. The number of aryl methyl sites for hydroxylation is 1. The van der Waals surface area contributed by atoms with Crippen molar-refractivity contribution in [3.8, 4) is 0 Å². The van der Waals surface area contributed by atoms with E-state index < -0.39 is 5.97 Å². The summed E-state index contributed by atoms with van der Waals surface area (Å²) in [5, 5.41) is 12.2. The fraction of sp³-hybridized carbons (Fsp3) is 0.214. The highest BCUT2D eigenvalue weighted by Gasteiger charge is 2.10. The molecule has 0 saturated heterocycles. The minimum Gasteiger partial charge on any atom is -0.478 e. The maximum absolute atomic E-state index is 11.0. The Morgan fingerprint density at radius 1 is 1.33 bits per heavy atom. The van der Waals surface area contributed by atoms with Crippen LogP contribution in [0.15, 0.2) is 34.9 Å². The molecule has 4 heteroatoms. The Morgan fingerprint density at radius 3 is 2.72 bits per heavy atom. The lowest BCUT2D eigenvalue weighted by Gasteiger charge is -2.10. The van der Waals surface area contributed by atoms with Gasteiger partial charge in [0.25, 0.3) is 0 Å². The second-order valence-electron chi connectivity index (χ2n) is 4.16. The quantitative estimate of drug-likeness (QED) is 0.868. The normalized spacial score (nSPS) is 10.3. The van der Waals surface area contributed by atoms with Gasteiger partial charge in [0.1, 0.15) is 5.76 Å². The van der Waals surface area contributed by atoms with E-state index in [4.69, 9.17) is 9.52 Å². The maximum atomic E-state index is 11.0. The maximum Gasteiger partial charge on any atom is 0.336 e. The van der Waals surface area contributed by atoms with Crippen LogP contribution in [0.2, 0.25) is 0 Å². The van der Waals surface area contributed by atoms with Crippen molar-refractivity contribution in [3.63, 3.8) is 0 Å². The van der Waals surface area contributed by atoms with Crippen molar-refractivity contribution in [1.82, 2.24) is 0 Å². The molecule has 0 radical (unpaired) electrons. The molecule has 0 fully saturated rings. The monoisotopic (exact) mass is 245 g/mol. The van der Waals surface area contributed by atoms with E-state index in [1.807, 2.05) is 19.1 Å². The molecule has 4 nitrogen and oxygen atoms in total. The standard InChI is InChI=1S/C14H15NO3/c1-9-6-7-18-13(9)8-15-12-5-3-4-11(10(12)2)14(16)17/h3-7,15H,8H2,1-2H3,(H,16,17). The highest BCUT2D eigenvalue weighted by molar-refractivity contribution is 5.91. The van der Waals surface area contributed by atoms with Crippen molar-refractivity contribution >= 4 is 11.7 Å². The SMILES string of the molecule is Cc1ccoc1CNc1cccc(C(=O)O)c1C. The van der Waals surface area contributed by atoms with Crippen LogP contribution in [0.1, 0.15) is 27.2 Å². The zero-order valence-corrected chi connectivity index (χ0v) is 10.4. The minimum atomic E-state index is -0.912. The molecule has 0 atom stereocenters. The predicted molar refractivity (Wildman–Crippen MR) is 68.9 cm³/mol. The average Bonchev–Trinajstić information content (AvgIpc) is 2.73. The second-order valence-corrected chi connectivity index (χ2v) is 4.16. The topological polar surface area (TPSA) is 62.5 Å². The lowest BCUT2D eigenvalue weighted by molar-refractivity contribution is 0.0696. The van der Waals surface area contributed by atoms with Crippen molar-refractivity contribution < 1.29 is 14.3 Å². The Balaban J connectivity index is 2.17. The third kappa shape index (κ3) is 2.37. The van der Waals surface area contributed by atoms with Gasteiger partial charge in [-0.15, -0.1) is 0 Å². The van der Waals surface area contributed by atoms with Gasteiger partial charge in [-0.2, -0.15) is 0 Å². The first-order chi connectivity index (χ1) is 8.59. The van der Waals surface area contributed by atoms with Crippen LogP contribution in [0.4, 0.5) is 5.69 Å². The lowest BCUT2D eigenvalue weighted by atomic mass is 10.1. The smallest absolute Gasteiger partial charge is 0.336 e. The molecule has 0 saturated carbocycles. The number of anilines is 1. The summed E-state index contributed by atoms with van der Waals surface area (Å²) in [6, 6.07) is 7.09. The van der Waals surface area contributed by atoms with Crippen molar-refractivity contribution in [2.24, 2.45) is 0 Å². The molecule has 94 valence electrons. The van der Waals surface area contributed by atoms with Crippen LogP contribution in [0.3, 0.4) is 0 Å². The van der Waals surface area contributed by atoms with Gasteiger partial charge in [-0.1, -0.05) is 6.07 Å². The highest BCUT2D eigenvalue weighted by atomic mass is 16.4. The van der Waals surface area contributed by atoms with E-state index in [2.05, 4.69) is 5.32 Å². The molecular formula is C14H15NO3. The fourth-order valence-electron chi connectivity index (χ4n) is 1.82. The summed E-state index contributed by atoms with van der Waals surface area (Å²) in [7, 11) is 0. The van der Waals surface area contributed by atoms with Crippen LogP contribution in [0.5, 0.6) is 0 Å². The number of nitrogens with one attached hydrogen (secondary N) is 1. The van der Waals surface area contributed by atoms with E-state index in [1.54, 1.807) is 25.3 Å². The minimum absolute atomic E-state index is 0.316. The molecule has 1 heterocycles. The molecule has 1 aromatic heterocycles. The van der Waals surface area contributed by atoms with Gasteiger partial charge in [0.05, 0.1) is 18.4 Å². The summed E-state index contributed by atoms with van der Waals surface area (Å²) in [5.74, 6) is -0.0551. The van der Waals surface area contributed by atoms with Crippen molar-refractivity contribution in [1.29, 1.82) is 0 Å². The Bertz CT molecular complexity index is 572. The molecule has 2 N–H and O–H groups in total. The number of carboxylic acids is 1. The second kappa shape index (κ2) is 4.96. The number of carbonyl (C=O) groups is 1. The van der Waals surface area contributed by atoms with E-state index in [0.717, 1.165) is 22.6 Å². The van der Waals surface area contributed by atoms with Gasteiger partial charge in [0.2, 0.25) is 0 Å². The van der Waals surface area contributed by atoms with Crippen LogP contribution in [-0.2, 0) is 6.54 Å². The summed E-state index contributed by atoms with van der Waals surface area (Å²) in [6.45, 7) is 4.31. The van der Waals surface area contributed by atoms with Crippen molar-refractivity contribution in [2.75, 3.05) is 5.32 Å². The zero-order chi connectivity index (χ0) is 13.1. The Hall–Kier alpha value is -2.23. The molecule has 0 bridgehead atoms. The number of carboxylic acid groups (broad SMARTS) is 1. The number of hydrogen-bond acceptors (Lipinski definition) is 3. The van der Waals surface area contributed by atoms with Gasteiger partial charge < -0.3 is 14.8 Å². The molecule has 0 unspecified atom stereocenters. The molecule has 2 rings (SSSR count). The molecule has 1 aromatic carbocycles. The number of rotatable bonds is 4. The van der Waals surface area contributed by atoms with Crippen LogP contribution in [-0.4, -0.2) is 11.1 Å². The molecule has 2 aromatic rings. The molecule has 0 aliphatic rings. The van der Waals surface area contributed by atoms with Gasteiger partial charge in [-0.05, 0) is 43.2 Å². The molecule has 18 heavy (non-hydrogen) atoms. The van der Waals surface area contributed by atoms with Crippen LogP contribution in [0, 0.1) is 13.8 Å². The molecule has 0 aliphatic carbocycles. The summed E-state index contributed by atoms with van der Waals surface area (Å²) in [5.41, 5.74) is 2.94. The summed E-state index contributed by atoms with van der Waals surface area (Å²) in [4.78, 5) is 11.0. The van der Waals surface area contributed by atoms with Crippen LogP contribution >= 0.6 is 0 Å².